The number of fused-ring (bicyclic) bond motifs is 3. The van der Waals surface area contributed by atoms with Crippen molar-refractivity contribution in [1.82, 2.24) is 18.7 Å². The van der Waals surface area contributed by atoms with Crippen molar-refractivity contribution in [2.75, 3.05) is 7.11 Å². The van der Waals surface area contributed by atoms with Gasteiger partial charge in [0.2, 0.25) is 5.78 Å². The van der Waals surface area contributed by atoms with Crippen molar-refractivity contribution in [1.29, 1.82) is 0 Å². The molecule has 0 saturated carbocycles. The highest BCUT2D eigenvalue weighted by atomic mass is 32.1. The Hall–Kier alpha value is -3.65. The minimum absolute atomic E-state index is 0.152. The van der Waals surface area contributed by atoms with E-state index in [1.165, 1.54) is 20.4 Å². The van der Waals surface area contributed by atoms with E-state index < -0.39 is 0 Å². The molecule has 5 aromatic rings. The van der Waals surface area contributed by atoms with Crippen LogP contribution in [0.1, 0.15) is 16.7 Å². The van der Waals surface area contributed by atoms with Gasteiger partial charge in [0.05, 0.1) is 25.7 Å². The van der Waals surface area contributed by atoms with Gasteiger partial charge in [-0.15, -0.1) is 16.4 Å². The van der Waals surface area contributed by atoms with Gasteiger partial charge in [0.25, 0.3) is 5.56 Å². The summed E-state index contributed by atoms with van der Waals surface area (Å²) >= 11 is 1.33. The van der Waals surface area contributed by atoms with Crippen LogP contribution >= 0.6 is 11.3 Å². The molecule has 0 N–H and O–H groups in total. The molecule has 0 aliphatic rings. The van der Waals surface area contributed by atoms with Crippen LogP contribution in [0.3, 0.4) is 0 Å². The molecule has 31 heavy (non-hydrogen) atoms. The summed E-state index contributed by atoms with van der Waals surface area (Å²) in [6, 6.07) is 17.2. The van der Waals surface area contributed by atoms with Crippen LogP contribution in [0.5, 0.6) is 5.75 Å². The number of methoxy groups -OCH3 is 1. The molecule has 0 saturated heterocycles. The number of aryl methyl sites for hydroxylation is 1. The zero-order valence-electron chi connectivity index (χ0n) is 17.1. The summed E-state index contributed by atoms with van der Waals surface area (Å²) in [5, 5.41) is 6.41. The largest absolute Gasteiger partial charge is 0.497 e. The summed E-state index contributed by atoms with van der Waals surface area (Å²) in [4.78, 5) is 26.5. The zero-order chi connectivity index (χ0) is 21.5. The molecule has 0 aliphatic heterocycles. The topological polar surface area (TPSA) is 70.5 Å². The molecular weight excluding hydrogens is 412 g/mol. The fourth-order valence-corrected chi connectivity index (χ4v) is 4.57. The van der Waals surface area contributed by atoms with E-state index in [2.05, 4.69) is 5.10 Å². The van der Waals surface area contributed by atoms with Crippen LogP contribution < -0.4 is 16.0 Å². The third-order valence-corrected chi connectivity index (χ3v) is 6.36. The number of thiophene rings is 1. The molecule has 3 aromatic heterocycles. The molecule has 0 bridgehead atoms. The smallest absolute Gasteiger partial charge is 0.352 e. The van der Waals surface area contributed by atoms with E-state index in [-0.39, 0.29) is 11.2 Å². The molecule has 0 amide bonds. The molecule has 0 aliphatic carbocycles. The molecule has 8 heteroatoms. The number of benzene rings is 2. The Morgan fingerprint density at radius 2 is 1.77 bits per heavy atom. The monoisotopic (exact) mass is 432 g/mol. The highest BCUT2D eigenvalue weighted by Crippen LogP contribution is 2.19. The normalized spacial score (nSPS) is 11.4. The summed E-state index contributed by atoms with van der Waals surface area (Å²) in [6.45, 7) is 2.66. The van der Waals surface area contributed by atoms with Crippen molar-refractivity contribution in [3.05, 3.63) is 97.5 Å². The highest BCUT2D eigenvalue weighted by molar-refractivity contribution is 7.17. The number of nitrogens with zero attached hydrogens (tertiary/aromatic N) is 4. The van der Waals surface area contributed by atoms with Gasteiger partial charge in [-0.2, -0.15) is 0 Å². The van der Waals surface area contributed by atoms with Gasteiger partial charge in [-0.3, -0.25) is 9.36 Å². The van der Waals surface area contributed by atoms with E-state index in [0.29, 0.717) is 29.1 Å². The average Bonchev–Trinajstić information content (AvgIpc) is 3.38. The molecule has 0 atom stereocenters. The Morgan fingerprint density at radius 1 is 1.00 bits per heavy atom. The SMILES string of the molecule is COc1ccc(Cn2c(=O)c3sccc3n3c(=O)n(Cc4ccccc4C)nc23)cc1. The van der Waals surface area contributed by atoms with Gasteiger partial charge < -0.3 is 4.74 Å². The first kappa shape index (κ1) is 19.3. The Labute approximate surface area is 181 Å². The van der Waals surface area contributed by atoms with Gasteiger partial charge in [0.15, 0.2) is 0 Å². The van der Waals surface area contributed by atoms with E-state index in [9.17, 15) is 9.59 Å². The van der Waals surface area contributed by atoms with Crippen LogP contribution in [0.4, 0.5) is 0 Å². The van der Waals surface area contributed by atoms with E-state index in [1.807, 2.05) is 60.8 Å². The van der Waals surface area contributed by atoms with Crippen LogP contribution in [-0.2, 0) is 13.1 Å². The molecular formula is C23H20N4O3S. The first-order valence-electron chi connectivity index (χ1n) is 9.84. The van der Waals surface area contributed by atoms with E-state index in [1.54, 1.807) is 17.7 Å². The average molecular weight is 433 g/mol. The number of rotatable bonds is 5. The van der Waals surface area contributed by atoms with Gasteiger partial charge in [-0.05, 0) is 47.2 Å². The van der Waals surface area contributed by atoms with Gasteiger partial charge in [-0.25, -0.2) is 13.9 Å². The summed E-state index contributed by atoms with van der Waals surface area (Å²) in [7, 11) is 1.61. The van der Waals surface area contributed by atoms with Crippen LogP contribution in [0.15, 0.2) is 69.6 Å². The third-order valence-electron chi connectivity index (χ3n) is 5.47. The van der Waals surface area contributed by atoms with Crippen molar-refractivity contribution in [2.24, 2.45) is 0 Å². The lowest BCUT2D eigenvalue weighted by molar-refractivity contribution is 0.414. The number of ether oxygens (including phenoxy) is 1. The summed E-state index contributed by atoms with van der Waals surface area (Å²) in [6.07, 6.45) is 0. The lowest BCUT2D eigenvalue weighted by atomic mass is 10.1. The molecule has 0 spiro atoms. The van der Waals surface area contributed by atoms with Gasteiger partial charge in [0.1, 0.15) is 10.4 Å². The second-order valence-electron chi connectivity index (χ2n) is 7.38. The number of hydrogen-bond acceptors (Lipinski definition) is 5. The van der Waals surface area contributed by atoms with E-state index in [4.69, 9.17) is 4.74 Å². The Bertz CT molecular complexity index is 1520. The standard InChI is InChI=1S/C23H20N4O3S/c1-15-5-3-4-6-17(15)14-26-23(29)27-19-11-12-31-20(19)21(28)25(22(27)24-26)13-16-7-9-18(30-2)10-8-16/h3-12H,13-14H2,1-2H3. The predicted octanol–water partition coefficient (Wildman–Crippen LogP) is 3.29. The first-order chi connectivity index (χ1) is 15.1. The zero-order valence-corrected chi connectivity index (χ0v) is 17.9. The van der Waals surface area contributed by atoms with Gasteiger partial charge >= 0.3 is 5.69 Å². The Balaban J connectivity index is 1.70. The molecule has 0 fully saturated rings. The summed E-state index contributed by atoms with van der Waals surface area (Å²) in [5.41, 5.74) is 3.20. The summed E-state index contributed by atoms with van der Waals surface area (Å²) in [5.74, 6) is 1.08. The lowest BCUT2D eigenvalue weighted by Crippen LogP contribution is -2.26. The minimum atomic E-state index is -0.259. The lowest BCUT2D eigenvalue weighted by Gasteiger charge is -2.08. The number of aromatic nitrogens is 4. The maximum absolute atomic E-state index is 13.3. The first-order valence-corrected chi connectivity index (χ1v) is 10.7. The van der Waals surface area contributed by atoms with Crippen molar-refractivity contribution in [2.45, 2.75) is 20.0 Å². The highest BCUT2D eigenvalue weighted by Gasteiger charge is 2.19. The molecule has 5 rings (SSSR count). The van der Waals surface area contributed by atoms with Gasteiger partial charge in [-0.1, -0.05) is 36.4 Å². The molecule has 7 nitrogen and oxygen atoms in total. The summed E-state index contributed by atoms with van der Waals surface area (Å²) < 4.78 is 10.3. The van der Waals surface area contributed by atoms with Crippen molar-refractivity contribution >= 4 is 27.3 Å². The maximum Gasteiger partial charge on any atom is 0.352 e. The fraction of sp³-hybridized carbons (Fsp3) is 0.174. The van der Waals surface area contributed by atoms with Crippen LogP contribution in [0.25, 0.3) is 16.0 Å². The number of hydrogen-bond donors (Lipinski definition) is 0. The van der Waals surface area contributed by atoms with E-state index in [0.717, 1.165) is 22.4 Å². The van der Waals surface area contributed by atoms with Crippen molar-refractivity contribution in [3.63, 3.8) is 0 Å². The minimum Gasteiger partial charge on any atom is -0.497 e. The van der Waals surface area contributed by atoms with Crippen LogP contribution in [0, 0.1) is 6.92 Å². The molecule has 3 heterocycles. The Kier molecular flexibility index (Phi) is 4.71. The molecule has 0 unspecified atom stereocenters. The van der Waals surface area contributed by atoms with Crippen molar-refractivity contribution in [3.8, 4) is 5.75 Å². The predicted molar refractivity (Wildman–Crippen MR) is 121 cm³/mol. The maximum atomic E-state index is 13.3. The Morgan fingerprint density at radius 3 is 2.52 bits per heavy atom. The molecule has 156 valence electrons. The van der Waals surface area contributed by atoms with Crippen molar-refractivity contribution < 1.29 is 4.74 Å². The third kappa shape index (κ3) is 3.25. The molecule has 2 aromatic carbocycles. The van der Waals surface area contributed by atoms with E-state index >= 15 is 0 Å². The fourth-order valence-electron chi connectivity index (χ4n) is 3.74. The second kappa shape index (κ2) is 7.55. The van der Waals surface area contributed by atoms with Crippen LogP contribution in [0.2, 0.25) is 0 Å². The van der Waals surface area contributed by atoms with Gasteiger partial charge in [0, 0.05) is 0 Å². The quantitative estimate of drug-likeness (QED) is 0.427. The molecule has 0 radical (unpaired) electrons. The van der Waals surface area contributed by atoms with Crippen LogP contribution in [-0.4, -0.2) is 25.9 Å². The second-order valence-corrected chi connectivity index (χ2v) is 8.29.